The Bertz CT molecular complexity index is 442. The van der Waals surface area contributed by atoms with E-state index in [-0.39, 0.29) is 5.82 Å². The van der Waals surface area contributed by atoms with Crippen molar-refractivity contribution < 1.29 is 4.39 Å². The van der Waals surface area contributed by atoms with Crippen molar-refractivity contribution in [2.24, 2.45) is 0 Å². The zero-order valence-electron chi connectivity index (χ0n) is 10.9. The van der Waals surface area contributed by atoms with Crippen LogP contribution in [-0.4, -0.2) is 55.1 Å². The summed E-state index contributed by atoms with van der Waals surface area (Å²) in [5.41, 5.74) is 1.06. The molecule has 0 radical (unpaired) electrons. The summed E-state index contributed by atoms with van der Waals surface area (Å²) in [6.45, 7) is 7.54. The van der Waals surface area contributed by atoms with Crippen molar-refractivity contribution in [1.29, 1.82) is 0 Å². The molecule has 2 saturated heterocycles. The Kier molecular flexibility index (Phi) is 4.17. The van der Waals surface area contributed by atoms with Gasteiger partial charge in [-0.1, -0.05) is 6.07 Å². The summed E-state index contributed by atoms with van der Waals surface area (Å²) in [6.07, 6.45) is 0. The Labute approximate surface area is 121 Å². The minimum Gasteiger partial charge on any atom is -0.314 e. The number of nitrogens with one attached hydrogen (secondary N) is 1. The molecule has 0 aliphatic carbocycles. The van der Waals surface area contributed by atoms with Crippen molar-refractivity contribution in [1.82, 2.24) is 15.1 Å². The van der Waals surface area contributed by atoms with Gasteiger partial charge in [-0.15, -0.1) is 0 Å². The van der Waals surface area contributed by atoms with Gasteiger partial charge in [-0.2, -0.15) is 0 Å². The van der Waals surface area contributed by atoms with Gasteiger partial charge in [0.2, 0.25) is 0 Å². The lowest BCUT2D eigenvalue weighted by atomic mass is 10.1. The van der Waals surface area contributed by atoms with Crippen LogP contribution in [-0.2, 0) is 6.54 Å². The van der Waals surface area contributed by atoms with Crippen molar-refractivity contribution in [2.75, 3.05) is 39.3 Å². The van der Waals surface area contributed by atoms with Gasteiger partial charge < -0.3 is 5.32 Å². The van der Waals surface area contributed by atoms with Gasteiger partial charge in [0.15, 0.2) is 0 Å². The first kappa shape index (κ1) is 13.5. The van der Waals surface area contributed by atoms with Gasteiger partial charge in [-0.25, -0.2) is 4.39 Å². The quantitative estimate of drug-likeness (QED) is 0.911. The van der Waals surface area contributed by atoms with E-state index >= 15 is 0 Å². The Morgan fingerprint density at radius 1 is 1.21 bits per heavy atom. The number of hydrogen-bond acceptors (Lipinski definition) is 3. The minimum absolute atomic E-state index is 0.170. The van der Waals surface area contributed by atoms with Gasteiger partial charge in [-0.05, 0) is 33.6 Å². The van der Waals surface area contributed by atoms with E-state index in [4.69, 9.17) is 0 Å². The maximum Gasteiger partial charge on any atom is 0.137 e. The molecule has 0 atom stereocenters. The molecule has 2 heterocycles. The number of hydrogen-bond donors (Lipinski definition) is 1. The van der Waals surface area contributed by atoms with E-state index in [9.17, 15) is 4.39 Å². The molecule has 3 rings (SSSR count). The van der Waals surface area contributed by atoms with Crippen LogP contribution in [0.5, 0.6) is 0 Å². The highest BCUT2D eigenvalue weighted by Crippen LogP contribution is 2.18. The number of benzene rings is 1. The molecule has 0 saturated carbocycles. The molecule has 2 aliphatic rings. The van der Waals surface area contributed by atoms with Crippen LogP contribution in [0, 0.1) is 5.82 Å². The number of nitrogens with zero attached hydrogens (tertiary/aromatic N) is 2. The summed E-state index contributed by atoms with van der Waals surface area (Å²) < 4.78 is 14.0. The highest BCUT2D eigenvalue weighted by Gasteiger charge is 2.27. The van der Waals surface area contributed by atoms with Gasteiger partial charge >= 0.3 is 0 Å². The summed E-state index contributed by atoms with van der Waals surface area (Å²) in [6, 6.07) is 6.16. The van der Waals surface area contributed by atoms with Crippen molar-refractivity contribution in [2.45, 2.75) is 12.6 Å². The topological polar surface area (TPSA) is 18.5 Å². The van der Waals surface area contributed by atoms with Crippen LogP contribution in [0.4, 0.5) is 4.39 Å². The molecule has 3 nitrogen and oxygen atoms in total. The van der Waals surface area contributed by atoms with E-state index in [1.54, 1.807) is 12.1 Å². The van der Waals surface area contributed by atoms with Crippen LogP contribution in [0.25, 0.3) is 0 Å². The molecule has 0 aromatic heterocycles. The zero-order chi connectivity index (χ0) is 13.2. The van der Waals surface area contributed by atoms with Crippen molar-refractivity contribution in [3.63, 3.8) is 0 Å². The lowest BCUT2D eigenvalue weighted by Crippen LogP contribution is -2.61. The van der Waals surface area contributed by atoms with Crippen LogP contribution in [0.2, 0.25) is 0 Å². The van der Waals surface area contributed by atoms with Crippen LogP contribution in [0.1, 0.15) is 5.56 Å². The van der Waals surface area contributed by atoms with E-state index in [0.29, 0.717) is 4.47 Å². The van der Waals surface area contributed by atoms with Gasteiger partial charge in [0.1, 0.15) is 5.82 Å². The summed E-state index contributed by atoms with van der Waals surface area (Å²) in [5.74, 6) is -0.170. The zero-order valence-corrected chi connectivity index (χ0v) is 12.5. The third-order valence-corrected chi connectivity index (χ3v) is 4.72. The molecular weight excluding hydrogens is 309 g/mol. The Hall–Kier alpha value is -0.490. The molecule has 19 heavy (non-hydrogen) atoms. The molecular formula is C14H19BrFN3. The Balaban J connectivity index is 1.52. The normalized spacial score (nSPS) is 22.4. The first-order valence-electron chi connectivity index (χ1n) is 6.83. The SMILES string of the molecule is Fc1cc(CN2CCN(C3CNC3)CC2)ccc1Br. The molecule has 1 aromatic carbocycles. The standard InChI is InChI=1S/C14H19BrFN3/c15-13-2-1-11(7-14(13)16)10-18-3-5-19(6-4-18)12-8-17-9-12/h1-2,7,12,17H,3-6,8-10H2. The summed E-state index contributed by atoms with van der Waals surface area (Å²) in [7, 11) is 0. The van der Waals surface area contributed by atoms with E-state index in [1.165, 1.54) is 0 Å². The number of rotatable bonds is 3. The average molecular weight is 328 g/mol. The number of halogens is 2. The maximum absolute atomic E-state index is 13.5. The van der Waals surface area contributed by atoms with E-state index < -0.39 is 0 Å². The molecule has 1 N–H and O–H groups in total. The van der Waals surface area contributed by atoms with E-state index in [2.05, 4.69) is 31.0 Å². The molecule has 2 aliphatic heterocycles. The molecule has 1 aromatic rings. The third kappa shape index (κ3) is 3.16. The van der Waals surface area contributed by atoms with Crippen LogP contribution >= 0.6 is 15.9 Å². The summed E-state index contributed by atoms with van der Waals surface area (Å²) >= 11 is 3.19. The monoisotopic (exact) mass is 327 g/mol. The molecule has 104 valence electrons. The fourth-order valence-electron chi connectivity index (χ4n) is 2.71. The van der Waals surface area contributed by atoms with Crippen molar-refractivity contribution >= 4 is 15.9 Å². The molecule has 0 bridgehead atoms. The number of piperazine rings is 1. The van der Waals surface area contributed by atoms with E-state index in [0.717, 1.165) is 57.4 Å². The molecule has 0 spiro atoms. The third-order valence-electron chi connectivity index (χ3n) is 4.07. The lowest BCUT2D eigenvalue weighted by molar-refractivity contribution is 0.0695. The van der Waals surface area contributed by atoms with Gasteiger partial charge in [-0.3, -0.25) is 9.80 Å². The van der Waals surface area contributed by atoms with Crippen LogP contribution < -0.4 is 5.32 Å². The van der Waals surface area contributed by atoms with Crippen LogP contribution in [0.3, 0.4) is 0 Å². The molecule has 2 fully saturated rings. The Morgan fingerprint density at radius 3 is 2.53 bits per heavy atom. The fourth-order valence-corrected chi connectivity index (χ4v) is 2.96. The second-order valence-corrected chi connectivity index (χ2v) is 6.23. The van der Waals surface area contributed by atoms with Gasteiger partial charge in [0, 0.05) is 51.9 Å². The second-order valence-electron chi connectivity index (χ2n) is 5.37. The Morgan fingerprint density at radius 2 is 1.95 bits per heavy atom. The molecule has 5 heteroatoms. The van der Waals surface area contributed by atoms with Crippen molar-refractivity contribution in [3.8, 4) is 0 Å². The predicted molar refractivity (Wildman–Crippen MR) is 77.6 cm³/mol. The first-order chi connectivity index (χ1) is 9.22. The smallest absolute Gasteiger partial charge is 0.137 e. The predicted octanol–water partition coefficient (Wildman–Crippen LogP) is 1.68. The van der Waals surface area contributed by atoms with Gasteiger partial charge in [0.05, 0.1) is 4.47 Å². The molecule has 0 amide bonds. The van der Waals surface area contributed by atoms with Crippen LogP contribution in [0.15, 0.2) is 22.7 Å². The minimum atomic E-state index is -0.170. The van der Waals surface area contributed by atoms with Crippen molar-refractivity contribution in [3.05, 3.63) is 34.1 Å². The maximum atomic E-state index is 13.5. The summed E-state index contributed by atoms with van der Waals surface area (Å²) in [4.78, 5) is 4.97. The highest BCUT2D eigenvalue weighted by atomic mass is 79.9. The largest absolute Gasteiger partial charge is 0.314 e. The highest BCUT2D eigenvalue weighted by molar-refractivity contribution is 9.10. The first-order valence-corrected chi connectivity index (χ1v) is 7.63. The fraction of sp³-hybridized carbons (Fsp3) is 0.571. The van der Waals surface area contributed by atoms with Gasteiger partial charge in [0.25, 0.3) is 0 Å². The average Bonchev–Trinajstić information content (AvgIpc) is 2.34. The molecule has 0 unspecified atom stereocenters. The summed E-state index contributed by atoms with van der Waals surface area (Å²) in [5, 5.41) is 3.32. The second kappa shape index (κ2) is 5.87. The lowest BCUT2D eigenvalue weighted by Gasteiger charge is -2.43. The van der Waals surface area contributed by atoms with E-state index in [1.807, 2.05) is 6.07 Å².